The maximum Gasteiger partial charge on any atom is 0.323 e. The van der Waals surface area contributed by atoms with Crippen molar-refractivity contribution in [3.05, 3.63) is 18.2 Å². The summed E-state index contributed by atoms with van der Waals surface area (Å²) in [4.78, 5) is 18.3. The van der Waals surface area contributed by atoms with Crippen LogP contribution in [0.15, 0.2) is 12.4 Å². The fraction of sp³-hybridized carbons (Fsp3) is 0.714. The van der Waals surface area contributed by atoms with Crippen LogP contribution in [0.25, 0.3) is 0 Å². The van der Waals surface area contributed by atoms with Crippen molar-refractivity contribution in [2.45, 2.75) is 32.9 Å². The van der Waals surface area contributed by atoms with Crippen molar-refractivity contribution in [3.63, 3.8) is 0 Å². The predicted octanol–water partition coefficient (Wildman–Crippen LogP) is 0.783. The van der Waals surface area contributed by atoms with Gasteiger partial charge in [-0.15, -0.1) is 0 Å². The smallest absolute Gasteiger partial charge is 0.323 e. The molecule has 114 valence electrons. The number of imidazole rings is 1. The maximum atomic E-state index is 11.8. The number of aryl methyl sites for hydroxylation is 1. The topological polar surface area (TPSA) is 59.4 Å². The van der Waals surface area contributed by atoms with Crippen LogP contribution in [0.3, 0.4) is 0 Å². The third kappa shape index (κ3) is 5.30. The Morgan fingerprint density at radius 3 is 2.85 bits per heavy atom. The van der Waals surface area contributed by atoms with Gasteiger partial charge in [-0.2, -0.15) is 0 Å². The second kappa shape index (κ2) is 8.71. The molecule has 0 aliphatic carbocycles. The highest BCUT2D eigenvalue weighted by molar-refractivity contribution is 5.75. The molecule has 0 saturated heterocycles. The van der Waals surface area contributed by atoms with Crippen molar-refractivity contribution in [1.29, 1.82) is 0 Å². The van der Waals surface area contributed by atoms with Gasteiger partial charge in [0.15, 0.2) is 0 Å². The minimum Gasteiger partial charge on any atom is -0.465 e. The van der Waals surface area contributed by atoms with Gasteiger partial charge in [0.2, 0.25) is 0 Å². The lowest BCUT2D eigenvalue weighted by molar-refractivity contribution is -0.145. The molecule has 0 amide bonds. The molecule has 0 aromatic carbocycles. The van der Waals surface area contributed by atoms with E-state index in [0.717, 1.165) is 31.9 Å². The Labute approximate surface area is 121 Å². The summed E-state index contributed by atoms with van der Waals surface area (Å²) < 4.78 is 7.08. The molecule has 0 spiro atoms. The van der Waals surface area contributed by atoms with Gasteiger partial charge in [-0.25, -0.2) is 4.98 Å². The van der Waals surface area contributed by atoms with Crippen molar-refractivity contribution in [3.8, 4) is 0 Å². The van der Waals surface area contributed by atoms with Gasteiger partial charge in [0.1, 0.15) is 11.9 Å². The molecule has 1 aromatic heterocycles. The fourth-order valence-electron chi connectivity index (χ4n) is 2.01. The lowest BCUT2D eigenvalue weighted by Gasteiger charge is -2.21. The number of likely N-dealkylation sites (N-methyl/N-ethyl adjacent to an activating group) is 1. The fourth-order valence-corrected chi connectivity index (χ4v) is 2.01. The van der Waals surface area contributed by atoms with Crippen molar-refractivity contribution in [1.82, 2.24) is 19.8 Å². The Bertz CT molecular complexity index is 406. The number of hydrogen-bond acceptors (Lipinski definition) is 5. The van der Waals surface area contributed by atoms with Gasteiger partial charge >= 0.3 is 5.97 Å². The summed E-state index contributed by atoms with van der Waals surface area (Å²) in [5.41, 5.74) is 0. The molecule has 20 heavy (non-hydrogen) atoms. The molecule has 1 atom stereocenters. The molecule has 1 rings (SSSR count). The van der Waals surface area contributed by atoms with E-state index in [0.29, 0.717) is 6.61 Å². The quantitative estimate of drug-likeness (QED) is 0.678. The molecule has 6 nitrogen and oxygen atoms in total. The Morgan fingerprint density at radius 1 is 1.55 bits per heavy atom. The summed E-state index contributed by atoms with van der Waals surface area (Å²) in [6.07, 6.45) is 4.46. The number of aromatic nitrogens is 2. The zero-order chi connectivity index (χ0) is 15.0. The lowest BCUT2D eigenvalue weighted by atomic mass is 10.2. The van der Waals surface area contributed by atoms with Gasteiger partial charge in [-0.1, -0.05) is 6.92 Å². The minimum absolute atomic E-state index is 0.167. The highest BCUT2D eigenvalue weighted by Gasteiger charge is 2.19. The first-order valence-corrected chi connectivity index (χ1v) is 7.13. The van der Waals surface area contributed by atoms with Crippen LogP contribution >= 0.6 is 0 Å². The molecule has 0 aliphatic rings. The van der Waals surface area contributed by atoms with Crippen LogP contribution in [0, 0.1) is 0 Å². The minimum atomic E-state index is -0.233. The Hall–Kier alpha value is -1.40. The largest absolute Gasteiger partial charge is 0.465 e. The summed E-state index contributed by atoms with van der Waals surface area (Å²) in [6.45, 7) is 6.57. The van der Waals surface area contributed by atoms with Crippen molar-refractivity contribution in [2.24, 2.45) is 7.05 Å². The van der Waals surface area contributed by atoms with Crippen molar-refractivity contribution in [2.75, 3.05) is 26.7 Å². The number of esters is 1. The number of carbonyl (C=O) groups excluding carboxylic acids is 1. The van der Waals surface area contributed by atoms with E-state index < -0.39 is 0 Å². The average Bonchev–Trinajstić information content (AvgIpc) is 2.80. The van der Waals surface area contributed by atoms with E-state index in [4.69, 9.17) is 4.74 Å². The Kier molecular flexibility index (Phi) is 7.25. The normalized spacial score (nSPS) is 12.7. The number of nitrogens with one attached hydrogen (secondary N) is 1. The Morgan fingerprint density at radius 2 is 2.30 bits per heavy atom. The zero-order valence-electron chi connectivity index (χ0n) is 12.9. The van der Waals surface area contributed by atoms with Crippen LogP contribution in [0.2, 0.25) is 0 Å². The van der Waals surface area contributed by atoms with Crippen LogP contribution in [0.5, 0.6) is 0 Å². The highest BCUT2D eigenvalue weighted by atomic mass is 16.5. The van der Waals surface area contributed by atoms with Crippen LogP contribution in [0.4, 0.5) is 0 Å². The van der Waals surface area contributed by atoms with E-state index in [-0.39, 0.29) is 12.0 Å². The molecular formula is C14H26N4O2. The molecule has 0 bridgehead atoms. The maximum absolute atomic E-state index is 11.8. The number of carbonyl (C=O) groups is 1. The van der Waals surface area contributed by atoms with E-state index in [1.54, 1.807) is 6.20 Å². The average molecular weight is 282 g/mol. The van der Waals surface area contributed by atoms with Gasteiger partial charge in [-0.05, 0) is 26.9 Å². The monoisotopic (exact) mass is 282 g/mol. The summed E-state index contributed by atoms with van der Waals surface area (Å²) in [7, 11) is 4.01. The SMILES string of the molecule is CCNC(CCN(C)Cc1nccn1C)C(=O)OCC. The molecule has 0 aliphatic heterocycles. The van der Waals surface area contributed by atoms with Gasteiger partial charge < -0.3 is 14.6 Å². The van der Waals surface area contributed by atoms with Crippen molar-refractivity contribution >= 4 is 5.97 Å². The first-order chi connectivity index (χ1) is 9.58. The van der Waals surface area contributed by atoms with Crippen molar-refractivity contribution < 1.29 is 9.53 Å². The van der Waals surface area contributed by atoms with Crippen LogP contribution in [0.1, 0.15) is 26.1 Å². The standard InChI is InChI=1S/C14H26N4O2/c1-5-15-12(14(19)20-6-2)7-9-17(3)11-13-16-8-10-18(13)4/h8,10,12,15H,5-7,9,11H2,1-4H3. The van der Waals surface area contributed by atoms with Crippen LogP contribution < -0.4 is 5.32 Å². The first kappa shape index (κ1) is 16.7. The number of hydrogen-bond donors (Lipinski definition) is 1. The molecule has 1 N–H and O–H groups in total. The second-order valence-corrected chi connectivity index (χ2v) is 4.84. The second-order valence-electron chi connectivity index (χ2n) is 4.84. The number of ether oxygens (including phenoxy) is 1. The third-order valence-electron chi connectivity index (χ3n) is 3.15. The van der Waals surface area contributed by atoms with E-state index in [9.17, 15) is 4.79 Å². The van der Waals surface area contributed by atoms with Gasteiger partial charge in [0.05, 0.1) is 13.2 Å². The summed E-state index contributed by atoms with van der Waals surface area (Å²) in [5, 5.41) is 3.17. The van der Waals surface area contributed by atoms with E-state index >= 15 is 0 Å². The molecule has 1 heterocycles. The molecule has 1 unspecified atom stereocenters. The lowest BCUT2D eigenvalue weighted by Crippen LogP contribution is -2.40. The summed E-state index contributed by atoms with van der Waals surface area (Å²) in [5.74, 6) is 0.850. The first-order valence-electron chi connectivity index (χ1n) is 7.13. The molecule has 1 aromatic rings. The van der Waals surface area contributed by atoms with Crippen LogP contribution in [-0.4, -0.2) is 53.2 Å². The van der Waals surface area contributed by atoms with Gasteiger partial charge in [0.25, 0.3) is 0 Å². The predicted molar refractivity (Wildman–Crippen MR) is 78.3 cm³/mol. The third-order valence-corrected chi connectivity index (χ3v) is 3.15. The summed E-state index contributed by atoms with van der Waals surface area (Å²) >= 11 is 0. The molecule has 0 radical (unpaired) electrons. The molecule has 6 heteroatoms. The number of rotatable bonds is 9. The van der Waals surface area contributed by atoms with Gasteiger partial charge in [0, 0.05) is 26.0 Å². The molecule has 0 saturated carbocycles. The van der Waals surface area contributed by atoms with E-state index in [2.05, 4.69) is 15.2 Å². The number of nitrogens with zero attached hydrogens (tertiary/aromatic N) is 3. The van der Waals surface area contributed by atoms with Gasteiger partial charge in [-0.3, -0.25) is 9.69 Å². The van der Waals surface area contributed by atoms with Crippen LogP contribution in [-0.2, 0) is 23.1 Å². The highest BCUT2D eigenvalue weighted by Crippen LogP contribution is 2.03. The Balaban J connectivity index is 2.42. The molecular weight excluding hydrogens is 256 g/mol. The van der Waals surface area contributed by atoms with E-state index in [1.807, 2.05) is 38.7 Å². The zero-order valence-corrected chi connectivity index (χ0v) is 12.9. The molecule has 0 fully saturated rings. The van der Waals surface area contributed by atoms with E-state index in [1.165, 1.54) is 0 Å². The summed E-state index contributed by atoms with van der Waals surface area (Å²) in [6, 6.07) is -0.233.